The number of allylic oxidation sites excluding steroid dienone is 1. The zero-order valence-electron chi connectivity index (χ0n) is 28.6. The lowest BCUT2D eigenvalue weighted by Crippen LogP contribution is -2.15. The zero-order valence-corrected chi connectivity index (χ0v) is 30.2. The quantitative estimate of drug-likeness (QED) is 0.308. The van der Waals surface area contributed by atoms with Gasteiger partial charge in [-0.2, -0.15) is 0 Å². The molecule has 0 fully saturated rings. The Kier molecular flexibility index (Phi) is 68.5. The number of carbonyl (C=O) groups is 1. The van der Waals surface area contributed by atoms with Gasteiger partial charge in [0.05, 0.1) is 10.0 Å². The highest BCUT2D eigenvalue weighted by Crippen LogP contribution is 2.23. The predicted molar refractivity (Wildman–Crippen MR) is 191 cm³/mol. The lowest BCUT2D eigenvalue weighted by Gasteiger charge is -2.18. The van der Waals surface area contributed by atoms with Gasteiger partial charge in [0.1, 0.15) is 0 Å². The van der Waals surface area contributed by atoms with E-state index in [2.05, 4.69) is 83.0 Å². The van der Waals surface area contributed by atoms with Crippen LogP contribution in [0, 0.1) is 11.8 Å². The van der Waals surface area contributed by atoms with Crippen molar-refractivity contribution >= 4 is 28.6 Å². The van der Waals surface area contributed by atoms with Crippen molar-refractivity contribution in [3.63, 3.8) is 0 Å². The van der Waals surface area contributed by atoms with Crippen LogP contribution in [-0.2, 0) is 17.6 Å². The zero-order chi connectivity index (χ0) is 32.1. The molecule has 0 aliphatic heterocycles. The maximum Gasteiger partial charge on any atom is 0.219 e. The van der Waals surface area contributed by atoms with Crippen LogP contribution in [0.15, 0.2) is 35.3 Å². The molecular weight excluding hydrogens is 533 g/mol. The van der Waals surface area contributed by atoms with Gasteiger partial charge in [0.25, 0.3) is 0 Å². The van der Waals surface area contributed by atoms with E-state index in [0.717, 1.165) is 18.8 Å². The first kappa shape index (κ1) is 54.5. The Morgan fingerprint density at radius 1 is 0.850 bits per heavy atom. The van der Waals surface area contributed by atoms with Gasteiger partial charge in [0, 0.05) is 36.6 Å². The van der Waals surface area contributed by atoms with Crippen molar-refractivity contribution in [3.05, 3.63) is 45.3 Å². The third-order valence-corrected chi connectivity index (χ3v) is 6.27. The van der Waals surface area contributed by atoms with E-state index >= 15 is 0 Å². The van der Waals surface area contributed by atoms with Crippen LogP contribution in [0.4, 0.5) is 0 Å². The molecule has 0 radical (unpaired) electrons. The van der Waals surface area contributed by atoms with Crippen molar-refractivity contribution < 1.29 is 4.79 Å². The van der Waals surface area contributed by atoms with E-state index in [1.165, 1.54) is 41.9 Å². The van der Waals surface area contributed by atoms with Crippen LogP contribution in [0.25, 0.3) is 0 Å². The van der Waals surface area contributed by atoms with E-state index in [4.69, 9.17) is 0 Å². The Bertz CT molecular complexity index is 599. The highest BCUT2D eigenvalue weighted by Gasteiger charge is 2.10. The molecule has 0 unspecified atom stereocenters. The average molecular weight is 605 g/mol. The fourth-order valence-corrected chi connectivity index (χ4v) is 3.45. The largest absolute Gasteiger partial charge is 0.359 e. The summed E-state index contributed by atoms with van der Waals surface area (Å²) in [5.74, 6) is 1.50. The summed E-state index contributed by atoms with van der Waals surface area (Å²) in [5.41, 5.74) is 5.92. The monoisotopic (exact) mass is 605 g/mol. The summed E-state index contributed by atoms with van der Waals surface area (Å²) >= 11 is 3.42. The Hall–Kier alpha value is -1.57. The standard InChI is InChI=1S/C10H20.2C5H7NS.C4H9NO.C3H8.2C2H6.CH5N.CH4/c1-6-10(7-2)9(5)8(3)4;2*1-2-5-6-3-4-7-5;1-3-4(6)5-2;1-3-2;3*1-2;/h8,10H,5-7H2,1-4H3;2*3-4H,2H2,1H3;3H2,1-2H3,(H,5,6);3H2,1-2H3;2*1-2H3;2H2,1H3;1H4. The summed E-state index contributed by atoms with van der Waals surface area (Å²) in [6.45, 7) is 31.3. The van der Waals surface area contributed by atoms with Crippen molar-refractivity contribution in [2.24, 2.45) is 17.6 Å². The average Bonchev–Trinajstić information content (AvgIpc) is 3.72. The third-order valence-electron chi connectivity index (χ3n) is 4.42. The molecule has 2 aromatic rings. The molecule has 2 aromatic heterocycles. The minimum atomic E-state index is 0. The van der Waals surface area contributed by atoms with Gasteiger partial charge in [-0.05, 0) is 44.6 Å². The van der Waals surface area contributed by atoms with Crippen LogP contribution in [0.2, 0.25) is 0 Å². The van der Waals surface area contributed by atoms with E-state index in [0.29, 0.717) is 12.3 Å². The predicted octanol–water partition coefficient (Wildman–Crippen LogP) is 10.9. The molecule has 7 heteroatoms. The number of hydrogen-bond donors (Lipinski definition) is 2. The molecule has 0 aromatic carbocycles. The third kappa shape index (κ3) is 43.5. The van der Waals surface area contributed by atoms with Crippen molar-refractivity contribution in [2.75, 3.05) is 14.1 Å². The summed E-state index contributed by atoms with van der Waals surface area (Å²) in [4.78, 5) is 18.2. The normalized spacial score (nSPS) is 8.05. The summed E-state index contributed by atoms with van der Waals surface area (Å²) in [5, 5.41) is 8.92. The van der Waals surface area contributed by atoms with Gasteiger partial charge in [-0.15, -0.1) is 22.7 Å². The van der Waals surface area contributed by atoms with Crippen LogP contribution in [0.5, 0.6) is 0 Å². The second-order valence-corrected chi connectivity index (χ2v) is 9.49. The fraction of sp³-hybridized carbons (Fsp3) is 0.727. The van der Waals surface area contributed by atoms with Crippen LogP contribution in [-0.4, -0.2) is 30.0 Å². The van der Waals surface area contributed by atoms with Crippen LogP contribution in [0.3, 0.4) is 0 Å². The lowest BCUT2D eigenvalue weighted by atomic mass is 9.88. The van der Waals surface area contributed by atoms with Gasteiger partial charge in [-0.3, -0.25) is 4.79 Å². The lowest BCUT2D eigenvalue weighted by molar-refractivity contribution is -0.120. The number of thiazole rings is 2. The Morgan fingerprint density at radius 3 is 1.25 bits per heavy atom. The van der Waals surface area contributed by atoms with Gasteiger partial charge < -0.3 is 11.1 Å². The van der Waals surface area contributed by atoms with E-state index < -0.39 is 0 Å². The molecule has 0 aliphatic rings. The highest BCUT2D eigenvalue weighted by molar-refractivity contribution is 7.09. The Balaban J connectivity index is -0.0000000663. The molecule has 0 spiro atoms. The second kappa shape index (κ2) is 50.3. The summed E-state index contributed by atoms with van der Waals surface area (Å²) in [6, 6.07) is 0. The second-order valence-electron chi connectivity index (χ2n) is 7.54. The number of hydrogen-bond acceptors (Lipinski definition) is 6. The SMILES string of the molecule is C.C=C(C(C)C)C(CC)CC.CC.CC.CCC.CCC(=O)NC.CCc1nccs1.CCc1nccs1.CN. The molecular formula is C33H72N4OS2. The maximum atomic E-state index is 10.1. The van der Waals surface area contributed by atoms with Crippen molar-refractivity contribution in [1.82, 2.24) is 15.3 Å². The molecule has 0 saturated heterocycles. The van der Waals surface area contributed by atoms with Crippen LogP contribution >= 0.6 is 22.7 Å². The molecule has 2 heterocycles. The van der Waals surface area contributed by atoms with E-state index in [9.17, 15) is 4.79 Å². The summed E-state index contributed by atoms with van der Waals surface area (Å²) < 4.78 is 0. The number of nitrogens with two attached hydrogens (primary N) is 1. The molecule has 1 amide bonds. The minimum absolute atomic E-state index is 0. The van der Waals surface area contributed by atoms with Crippen LogP contribution < -0.4 is 11.1 Å². The summed E-state index contributed by atoms with van der Waals surface area (Å²) in [6.07, 6.45) is 10.1. The molecule has 3 N–H and O–H groups in total. The highest BCUT2D eigenvalue weighted by atomic mass is 32.1. The fourth-order valence-electron chi connectivity index (χ4n) is 2.32. The maximum absolute atomic E-state index is 10.1. The van der Waals surface area contributed by atoms with E-state index in [1.807, 2.05) is 57.8 Å². The molecule has 242 valence electrons. The molecule has 0 saturated carbocycles. The first-order valence-electron chi connectivity index (χ1n) is 15.0. The van der Waals surface area contributed by atoms with E-state index in [1.54, 1.807) is 29.7 Å². The van der Waals surface area contributed by atoms with E-state index in [-0.39, 0.29) is 13.3 Å². The number of nitrogens with one attached hydrogen (secondary N) is 1. The first-order chi connectivity index (χ1) is 18.7. The van der Waals surface area contributed by atoms with Gasteiger partial charge in [-0.25, -0.2) is 9.97 Å². The molecule has 5 nitrogen and oxygen atoms in total. The molecule has 2 rings (SSSR count). The Morgan fingerprint density at radius 2 is 1.18 bits per heavy atom. The number of nitrogens with zero attached hydrogens (tertiary/aromatic N) is 2. The first-order valence-corrected chi connectivity index (χ1v) is 16.7. The molecule has 0 atom stereocenters. The van der Waals surface area contributed by atoms with Gasteiger partial charge in [0.15, 0.2) is 0 Å². The number of aromatic nitrogens is 2. The van der Waals surface area contributed by atoms with Crippen molar-refractivity contribution in [2.45, 2.75) is 136 Å². The van der Waals surface area contributed by atoms with Crippen molar-refractivity contribution in [1.29, 1.82) is 0 Å². The van der Waals surface area contributed by atoms with Crippen molar-refractivity contribution in [3.8, 4) is 0 Å². The number of rotatable bonds is 7. The Labute approximate surface area is 260 Å². The molecule has 0 bridgehead atoms. The number of aryl methyl sites for hydroxylation is 2. The molecule has 0 aliphatic carbocycles. The van der Waals surface area contributed by atoms with Gasteiger partial charge in [0.2, 0.25) is 5.91 Å². The number of carbonyl (C=O) groups excluding carboxylic acids is 1. The topological polar surface area (TPSA) is 80.9 Å². The van der Waals surface area contributed by atoms with Gasteiger partial charge in [-0.1, -0.05) is 116 Å². The minimum Gasteiger partial charge on any atom is -0.359 e. The summed E-state index contributed by atoms with van der Waals surface area (Å²) in [7, 11) is 3.13. The molecule has 40 heavy (non-hydrogen) atoms. The van der Waals surface area contributed by atoms with Gasteiger partial charge >= 0.3 is 0 Å². The smallest absolute Gasteiger partial charge is 0.219 e. The number of amides is 1. The van der Waals surface area contributed by atoms with Crippen LogP contribution in [0.1, 0.15) is 133 Å².